The van der Waals surface area contributed by atoms with Gasteiger partial charge in [-0.15, -0.1) is 0 Å². The Hall–Kier alpha value is -1.62. The van der Waals surface area contributed by atoms with Crippen LogP contribution in [0.1, 0.15) is 13.3 Å². The maximum atomic E-state index is 5.82. The van der Waals surface area contributed by atoms with Gasteiger partial charge in [-0.3, -0.25) is 0 Å². The molecule has 17 heavy (non-hydrogen) atoms. The van der Waals surface area contributed by atoms with Crippen molar-refractivity contribution in [1.29, 1.82) is 0 Å². The molecule has 1 aliphatic rings. The topological polar surface area (TPSA) is 59.5 Å². The van der Waals surface area contributed by atoms with E-state index in [1.165, 1.54) is 0 Å². The van der Waals surface area contributed by atoms with Crippen molar-refractivity contribution in [2.75, 3.05) is 24.5 Å². The molecule has 1 atom stereocenters. The molecule has 0 aliphatic carbocycles. The second kappa shape index (κ2) is 3.70. The van der Waals surface area contributed by atoms with Crippen molar-refractivity contribution in [3.05, 3.63) is 24.5 Å². The van der Waals surface area contributed by atoms with Crippen molar-refractivity contribution in [2.45, 2.75) is 13.3 Å². The summed E-state index contributed by atoms with van der Waals surface area (Å²) in [5.41, 5.74) is 6.94. The van der Waals surface area contributed by atoms with Crippen molar-refractivity contribution in [3.63, 3.8) is 0 Å². The van der Waals surface area contributed by atoms with E-state index in [4.69, 9.17) is 5.73 Å². The van der Waals surface area contributed by atoms with Gasteiger partial charge >= 0.3 is 0 Å². The highest BCUT2D eigenvalue weighted by atomic mass is 15.3. The number of nitrogens with zero attached hydrogens (tertiary/aromatic N) is 4. The summed E-state index contributed by atoms with van der Waals surface area (Å²) in [6, 6.07) is 3.93. The Morgan fingerprint density at radius 1 is 1.47 bits per heavy atom. The van der Waals surface area contributed by atoms with Crippen LogP contribution >= 0.6 is 0 Å². The van der Waals surface area contributed by atoms with Crippen LogP contribution in [0.3, 0.4) is 0 Å². The van der Waals surface area contributed by atoms with Crippen LogP contribution in [-0.4, -0.2) is 34.2 Å². The van der Waals surface area contributed by atoms with Crippen LogP contribution in [0.4, 0.5) is 5.82 Å². The van der Waals surface area contributed by atoms with Gasteiger partial charge < -0.3 is 10.6 Å². The first kappa shape index (κ1) is 10.5. The minimum atomic E-state index is 0.230. The Balaban J connectivity index is 1.89. The number of anilines is 1. The molecular formula is C12H17N5. The van der Waals surface area contributed by atoms with Gasteiger partial charge in [0.2, 0.25) is 0 Å². The van der Waals surface area contributed by atoms with E-state index in [-0.39, 0.29) is 5.41 Å². The largest absolute Gasteiger partial charge is 0.356 e. The van der Waals surface area contributed by atoms with Gasteiger partial charge in [0.05, 0.1) is 6.20 Å². The predicted molar refractivity (Wildman–Crippen MR) is 67.0 cm³/mol. The van der Waals surface area contributed by atoms with E-state index in [9.17, 15) is 0 Å². The SMILES string of the molecule is CC1(CN)CCN(c2ccn3nccc3n2)C1. The highest BCUT2D eigenvalue weighted by molar-refractivity contribution is 5.48. The second-order valence-corrected chi connectivity index (χ2v) is 5.11. The lowest BCUT2D eigenvalue weighted by molar-refractivity contribution is 0.383. The molecule has 1 aliphatic heterocycles. The van der Waals surface area contributed by atoms with E-state index in [1.54, 1.807) is 10.7 Å². The minimum Gasteiger partial charge on any atom is -0.356 e. The summed E-state index contributed by atoms with van der Waals surface area (Å²) < 4.78 is 1.78. The van der Waals surface area contributed by atoms with Gasteiger partial charge in [-0.1, -0.05) is 6.92 Å². The quantitative estimate of drug-likeness (QED) is 0.834. The standard InChI is InChI=1S/C12H17N5/c1-12(8-13)4-7-16(9-12)10-3-6-17-11(15-10)2-5-14-17/h2-3,5-6H,4,7-9,13H2,1H3. The maximum Gasteiger partial charge on any atom is 0.157 e. The van der Waals surface area contributed by atoms with Crippen LogP contribution in [0.25, 0.3) is 5.65 Å². The van der Waals surface area contributed by atoms with Crippen LogP contribution in [0, 0.1) is 5.41 Å². The van der Waals surface area contributed by atoms with Gasteiger partial charge in [0.15, 0.2) is 5.65 Å². The number of aromatic nitrogens is 3. The zero-order valence-electron chi connectivity index (χ0n) is 10.0. The summed E-state index contributed by atoms with van der Waals surface area (Å²) in [4.78, 5) is 6.91. The summed E-state index contributed by atoms with van der Waals surface area (Å²) in [6.45, 7) is 4.99. The normalized spacial score (nSPS) is 24.7. The number of fused-ring (bicyclic) bond motifs is 1. The van der Waals surface area contributed by atoms with Crippen LogP contribution in [0.2, 0.25) is 0 Å². The third-order valence-corrected chi connectivity index (χ3v) is 3.62. The Bertz CT molecular complexity index is 534. The molecule has 5 heteroatoms. The molecule has 1 fully saturated rings. The second-order valence-electron chi connectivity index (χ2n) is 5.11. The molecule has 0 radical (unpaired) electrons. The van der Waals surface area contributed by atoms with Crippen LogP contribution in [0.5, 0.6) is 0 Å². The van der Waals surface area contributed by atoms with E-state index in [0.717, 1.165) is 37.5 Å². The first-order valence-corrected chi connectivity index (χ1v) is 5.96. The summed E-state index contributed by atoms with van der Waals surface area (Å²) in [5.74, 6) is 1.02. The molecule has 3 rings (SSSR count). The smallest absolute Gasteiger partial charge is 0.157 e. The maximum absolute atomic E-state index is 5.82. The molecule has 90 valence electrons. The van der Waals surface area contributed by atoms with Gasteiger partial charge in [0, 0.05) is 25.4 Å². The summed E-state index contributed by atoms with van der Waals surface area (Å²) >= 11 is 0. The number of nitrogens with two attached hydrogens (primary N) is 1. The Labute approximate surface area is 100 Å². The molecular weight excluding hydrogens is 214 g/mol. The van der Waals surface area contributed by atoms with Crippen molar-refractivity contribution in [2.24, 2.45) is 11.1 Å². The number of hydrogen-bond acceptors (Lipinski definition) is 4. The van der Waals surface area contributed by atoms with E-state index >= 15 is 0 Å². The van der Waals surface area contributed by atoms with Crippen molar-refractivity contribution < 1.29 is 0 Å². The molecule has 2 aromatic rings. The highest BCUT2D eigenvalue weighted by Gasteiger charge is 2.33. The van der Waals surface area contributed by atoms with Crippen molar-refractivity contribution in [1.82, 2.24) is 14.6 Å². The fraction of sp³-hybridized carbons (Fsp3) is 0.500. The summed E-state index contributed by atoms with van der Waals surface area (Å²) in [6.07, 6.45) is 4.85. The fourth-order valence-electron chi connectivity index (χ4n) is 2.36. The van der Waals surface area contributed by atoms with Crippen molar-refractivity contribution in [3.8, 4) is 0 Å². The highest BCUT2D eigenvalue weighted by Crippen LogP contribution is 2.31. The monoisotopic (exact) mass is 231 g/mol. The van der Waals surface area contributed by atoms with Crippen LogP contribution in [0.15, 0.2) is 24.5 Å². The number of rotatable bonds is 2. The first-order chi connectivity index (χ1) is 8.20. The fourth-order valence-corrected chi connectivity index (χ4v) is 2.36. The van der Waals surface area contributed by atoms with Crippen molar-refractivity contribution >= 4 is 11.5 Å². The molecule has 0 bridgehead atoms. The summed E-state index contributed by atoms with van der Waals surface area (Å²) in [7, 11) is 0. The third kappa shape index (κ3) is 1.76. The molecule has 0 spiro atoms. The zero-order valence-corrected chi connectivity index (χ0v) is 10.0. The molecule has 2 N–H and O–H groups in total. The molecule has 0 amide bonds. The van der Waals surface area contributed by atoms with E-state index < -0.39 is 0 Å². The van der Waals surface area contributed by atoms with Gasteiger partial charge in [-0.2, -0.15) is 5.10 Å². The van der Waals surface area contributed by atoms with Crippen LogP contribution < -0.4 is 10.6 Å². The average Bonchev–Trinajstić information content (AvgIpc) is 2.95. The predicted octanol–water partition coefficient (Wildman–Crippen LogP) is 0.904. The molecule has 0 saturated carbocycles. The van der Waals surface area contributed by atoms with Gasteiger partial charge in [0.25, 0.3) is 0 Å². The van der Waals surface area contributed by atoms with Gasteiger partial charge in [0.1, 0.15) is 5.82 Å². The van der Waals surface area contributed by atoms with E-state index in [1.807, 2.05) is 18.3 Å². The van der Waals surface area contributed by atoms with Crippen LogP contribution in [-0.2, 0) is 0 Å². The van der Waals surface area contributed by atoms with E-state index in [0.29, 0.717) is 0 Å². The molecule has 0 aromatic carbocycles. The molecule has 1 unspecified atom stereocenters. The lowest BCUT2D eigenvalue weighted by atomic mass is 9.90. The zero-order chi connectivity index (χ0) is 11.9. The number of hydrogen-bond donors (Lipinski definition) is 1. The Morgan fingerprint density at radius 3 is 3.12 bits per heavy atom. The van der Waals surface area contributed by atoms with Gasteiger partial charge in [-0.25, -0.2) is 9.50 Å². The minimum absolute atomic E-state index is 0.230. The molecule has 3 heterocycles. The van der Waals surface area contributed by atoms with Gasteiger partial charge in [-0.05, 0) is 24.4 Å². The molecule has 2 aromatic heterocycles. The third-order valence-electron chi connectivity index (χ3n) is 3.62. The summed E-state index contributed by atoms with van der Waals surface area (Å²) in [5, 5.41) is 4.15. The lowest BCUT2D eigenvalue weighted by Gasteiger charge is -2.23. The van der Waals surface area contributed by atoms with E-state index in [2.05, 4.69) is 21.9 Å². The first-order valence-electron chi connectivity index (χ1n) is 5.96. The Kier molecular flexibility index (Phi) is 2.29. The Morgan fingerprint density at radius 2 is 2.35 bits per heavy atom. The lowest BCUT2D eigenvalue weighted by Crippen LogP contribution is -2.31. The molecule has 5 nitrogen and oxygen atoms in total. The average molecular weight is 231 g/mol. The molecule has 1 saturated heterocycles.